The van der Waals surface area contributed by atoms with E-state index in [1.54, 1.807) is 13.2 Å². The van der Waals surface area contributed by atoms with Crippen molar-refractivity contribution in [3.05, 3.63) is 35.9 Å². The van der Waals surface area contributed by atoms with Gasteiger partial charge in [-0.2, -0.15) is 0 Å². The second kappa shape index (κ2) is 8.35. The van der Waals surface area contributed by atoms with Crippen molar-refractivity contribution >= 4 is 5.69 Å². The van der Waals surface area contributed by atoms with E-state index >= 15 is 0 Å². The van der Waals surface area contributed by atoms with Crippen LogP contribution in [0.25, 0.3) is 0 Å². The van der Waals surface area contributed by atoms with Crippen LogP contribution in [0.2, 0.25) is 0 Å². The SMILES string of the molecule is CC[C@H](c1nnnn1CCOC)[NH+]1CCN(c2ccccc2F)CC1. The van der Waals surface area contributed by atoms with Gasteiger partial charge in [-0.15, -0.1) is 5.10 Å². The van der Waals surface area contributed by atoms with Crippen molar-refractivity contribution in [1.82, 2.24) is 20.2 Å². The van der Waals surface area contributed by atoms with Crippen LogP contribution in [0.5, 0.6) is 0 Å². The van der Waals surface area contributed by atoms with Gasteiger partial charge in [0.25, 0.3) is 0 Å². The molecular weight excluding hydrogens is 323 g/mol. The number of ether oxygens (including phenoxy) is 1. The van der Waals surface area contributed by atoms with Crippen LogP contribution in [0.3, 0.4) is 0 Å². The molecule has 136 valence electrons. The van der Waals surface area contributed by atoms with E-state index in [0.29, 0.717) is 18.8 Å². The number of para-hydroxylation sites is 1. The van der Waals surface area contributed by atoms with Gasteiger partial charge < -0.3 is 14.5 Å². The molecule has 1 aliphatic rings. The first-order valence-corrected chi connectivity index (χ1v) is 8.83. The number of nitrogens with zero attached hydrogens (tertiary/aromatic N) is 5. The highest BCUT2D eigenvalue weighted by Gasteiger charge is 2.31. The minimum Gasteiger partial charge on any atom is -0.383 e. The molecule has 0 aliphatic carbocycles. The summed E-state index contributed by atoms with van der Waals surface area (Å²) in [5.41, 5.74) is 0.694. The first-order valence-electron chi connectivity index (χ1n) is 8.83. The van der Waals surface area contributed by atoms with Gasteiger partial charge in [0.05, 0.1) is 45.0 Å². The lowest BCUT2D eigenvalue weighted by atomic mass is 10.1. The molecule has 0 unspecified atom stereocenters. The zero-order valence-electron chi connectivity index (χ0n) is 14.9. The Hall–Kier alpha value is -2.06. The predicted molar refractivity (Wildman–Crippen MR) is 92.0 cm³/mol. The molecule has 2 heterocycles. The maximum absolute atomic E-state index is 14.0. The molecule has 2 aromatic rings. The van der Waals surface area contributed by atoms with E-state index in [1.165, 1.54) is 11.0 Å². The number of nitrogens with one attached hydrogen (secondary N) is 1. The van der Waals surface area contributed by atoms with E-state index in [0.717, 1.165) is 38.4 Å². The number of benzene rings is 1. The van der Waals surface area contributed by atoms with Crippen LogP contribution in [0.15, 0.2) is 24.3 Å². The van der Waals surface area contributed by atoms with Crippen LogP contribution in [-0.4, -0.2) is 60.1 Å². The van der Waals surface area contributed by atoms with Crippen LogP contribution < -0.4 is 9.80 Å². The van der Waals surface area contributed by atoms with E-state index in [4.69, 9.17) is 4.74 Å². The molecule has 1 fully saturated rings. The van der Waals surface area contributed by atoms with Crippen molar-refractivity contribution in [3.63, 3.8) is 0 Å². The zero-order chi connectivity index (χ0) is 17.6. The Morgan fingerprint density at radius 2 is 2.04 bits per heavy atom. The minimum atomic E-state index is -0.151. The fourth-order valence-corrected chi connectivity index (χ4v) is 3.54. The van der Waals surface area contributed by atoms with Gasteiger partial charge in [0.1, 0.15) is 11.9 Å². The maximum Gasteiger partial charge on any atom is 0.209 e. The fraction of sp³-hybridized carbons (Fsp3) is 0.588. The second-order valence-electron chi connectivity index (χ2n) is 6.31. The van der Waals surface area contributed by atoms with Crippen LogP contribution in [0.1, 0.15) is 25.2 Å². The number of rotatable bonds is 7. The molecule has 0 bridgehead atoms. The smallest absolute Gasteiger partial charge is 0.209 e. The average molecular weight is 349 g/mol. The number of tetrazole rings is 1. The zero-order valence-corrected chi connectivity index (χ0v) is 14.9. The number of anilines is 1. The Labute approximate surface area is 147 Å². The first kappa shape index (κ1) is 17.8. The second-order valence-corrected chi connectivity index (χ2v) is 6.31. The van der Waals surface area contributed by atoms with Crippen LogP contribution in [-0.2, 0) is 11.3 Å². The van der Waals surface area contributed by atoms with E-state index in [9.17, 15) is 4.39 Å². The summed E-state index contributed by atoms with van der Waals surface area (Å²) < 4.78 is 21.0. The predicted octanol–water partition coefficient (Wildman–Crippen LogP) is 0.315. The van der Waals surface area contributed by atoms with Gasteiger partial charge in [-0.25, -0.2) is 9.07 Å². The van der Waals surface area contributed by atoms with Crippen molar-refractivity contribution in [2.45, 2.75) is 25.9 Å². The Morgan fingerprint density at radius 3 is 2.72 bits per heavy atom. The van der Waals surface area contributed by atoms with E-state index in [-0.39, 0.29) is 11.9 Å². The highest BCUT2D eigenvalue weighted by molar-refractivity contribution is 5.47. The topological polar surface area (TPSA) is 60.5 Å². The number of aromatic nitrogens is 4. The highest BCUT2D eigenvalue weighted by Crippen LogP contribution is 2.19. The van der Waals surface area contributed by atoms with Crippen LogP contribution >= 0.6 is 0 Å². The maximum atomic E-state index is 14.0. The normalized spacial score (nSPS) is 17.0. The number of piperazine rings is 1. The monoisotopic (exact) mass is 349 g/mol. The molecule has 1 aromatic carbocycles. The molecule has 8 heteroatoms. The first-order chi connectivity index (χ1) is 12.2. The summed E-state index contributed by atoms with van der Waals surface area (Å²) in [6.07, 6.45) is 0.961. The summed E-state index contributed by atoms with van der Waals surface area (Å²) in [6, 6.07) is 7.23. The lowest BCUT2D eigenvalue weighted by Crippen LogP contribution is -3.15. The third-order valence-corrected chi connectivity index (χ3v) is 4.88. The van der Waals surface area contributed by atoms with Crippen molar-refractivity contribution < 1.29 is 14.0 Å². The minimum absolute atomic E-state index is 0.151. The summed E-state index contributed by atoms with van der Waals surface area (Å²) in [5, 5.41) is 12.2. The standard InChI is InChI=1S/C17H25FN6O/c1-3-15(17-19-20-21-24(17)12-13-25-2)22-8-10-23(11-9-22)16-7-5-4-6-14(16)18/h4-7,15H,3,8-13H2,1-2H3/p+1/t15-/m1/s1. The molecule has 1 aromatic heterocycles. The summed E-state index contributed by atoms with van der Waals surface area (Å²) in [5.74, 6) is 0.760. The molecule has 25 heavy (non-hydrogen) atoms. The quantitative estimate of drug-likeness (QED) is 0.780. The lowest BCUT2D eigenvalue weighted by Gasteiger charge is -2.36. The van der Waals surface area contributed by atoms with Crippen LogP contribution in [0, 0.1) is 5.82 Å². The van der Waals surface area contributed by atoms with Gasteiger partial charge >= 0.3 is 0 Å². The van der Waals surface area contributed by atoms with Crippen molar-refractivity contribution in [2.75, 3.05) is 44.8 Å². The number of halogens is 1. The van der Waals surface area contributed by atoms with Gasteiger partial charge in [-0.1, -0.05) is 19.1 Å². The molecule has 0 spiro atoms. The highest BCUT2D eigenvalue weighted by atomic mass is 19.1. The molecule has 7 nitrogen and oxygen atoms in total. The average Bonchev–Trinajstić information content (AvgIpc) is 3.10. The largest absolute Gasteiger partial charge is 0.383 e. The molecule has 1 atom stereocenters. The van der Waals surface area contributed by atoms with Crippen molar-refractivity contribution in [2.24, 2.45) is 0 Å². The number of methoxy groups -OCH3 is 1. The Morgan fingerprint density at radius 1 is 1.28 bits per heavy atom. The Balaban J connectivity index is 1.67. The molecule has 0 amide bonds. The molecule has 1 N–H and O–H groups in total. The van der Waals surface area contributed by atoms with Crippen LogP contribution in [0.4, 0.5) is 10.1 Å². The molecule has 3 rings (SSSR count). The van der Waals surface area contributed by atoms with Gasteiger partial charge in [0.2, 0.25) is 5.82 Å². The van der Waals surface area contributed by atoms with Gasteiger partial charge in [-0.05, 0) is 22.6 Å². The Kier molecular flexibility index (Phi) is 5.93. The Bertz CT molecular complexity index is 671. The molecule has 0 saturated carbocycles. The lowest BCUT2D eigenvalue weighted by molar-refractivity contribution is -0.933. The van der Waals surface area contributed by atoms with E-state index in [1.807, 2.05) is 16.8 Å². The molecule has 1 saturated heterocycles. The molecule has 1 aliphatic heterocycles. The molecular formula is C17H26FN6O+. The van der Waals surface area contributed by atoms with Crippen molar-refractivity contribution in [1.29, 1.82) is 0 Å². The van der Waals surface area contributed by atoms with Gasteiger partial charge in [0.15, 0.2) is 0 Å². The number of quaternary nitrogens is 1. The van der Waals surface area contributed by atoms with Gasteiger partial charge in [0, 0.05) is 13.5 Å². The third kappa shape index (κ3) is 3.96. The number of hydrogen-bond acceptors (Lipinski definition) is 5. The van der Waals surface area contributed by atoms with Gasteiger partial charge in [-0.3, -0.25) is 0 Å². The summed E-state index contributed by atoms with van der Waals surface area (Å²) in [4.78, 5) is 3.57. The fourth-order valence-electron chi connectivity index (χ4n) is 3.54. The summed E-state index contributed by atoms with van der Waals surface area (Å²) >= 11 is 0. The molecule has 0 radical (unpaired) electrons. The summed E-state index contributed by atoms with van der Waals surface area (Å²) in [7, 11) is 1.68. The van der Waals surface area contributed by atoms with E-state index in [2.05, 4.69) is 27.3 Å². The summed E-state index contributed by atoms with van der Waals surface area (Å²) in [6.45, 7) is 6.93. The third-order valence-electron chi connectivity index (χ3n) is 4.88. The number of hydrogen-bond donors (Lipinski definition) is 1. The van der Waals surface area contributed by atoms with Crippen molar-refractivity contribution in [3.8, 4) is 0 Å². The van der Waals surface area contributed by atoms with E-state index < -0.39 is 0 Å².